The average Bonchev–Trinajstić information content (AvgIpc) is 2.49. The van der Waals surface area contributed by atoms with Crippen molar-refractivity contribution in [2.45, 2.75) is 30.7 Å². The first-order valence-electron chi connectivity index (χ1n) is 6.88. The van der Waals surface area contributed by atoms with Gasteiger partial charge in [-0.25, -0.2) is 8.42 Å². The van der Waals surface area contributed by atoms with Crippen molar-refractivity contribution in [3.8, 4) is 0 Å². The van der Waals surface area contributed by atoms with Gasteiger partial charge < -0.3 is 5.32 Å². The largest absolute Gasteiger partial charge is 0.317 e. The van der Waals surface area contributed by atoms with Gasteiger partial charge in [-0.2, -0.15) is 4.31 Å². The highest BCUT2D eigenvalue weighted by Gasteiger charge is 2.31. The molecule has 7 nitrogen and oxygen atoms in total. The van der Waals surface area contributed by atoms with Crippen LogP contribution in [0.1, 0.15) is 18.4 Å². The molecular formula is C13H18BrN3O4S. The van der Waals surface area contributed by atoms with E-state index in [0.29, 0.717) is 10.0 Å². The second-order valence-electron chi connectivity index (χ2n) is 5.31. The van der Waals surface area contributed by atoms with Crippen molar-refractivity contribution in [1.29, 1.82) is 0 Å². The number of nitrogens with zero attached hydrogens (tertiary/aromatic N) is 2. The van der Waals surface area contributed by atoms with E-state index in [1.54, 1.807) is 6.92 Å². The van der Waals surface area contributed by atoms with Crippen LogP contribution in [0.15, 0.2) is 21.5 Å². The molecule has 1 heterocycles. The average molecular weight is 392 g/mol. The monoisotopic (exact) mass is 391 g/mol. The van der Waals surface area contributed by atoms with E-state index in [9.17, 15) is 18.5 Å². The number of hydrogen-bond acceptors (Lipinski definition) is 5. The molecule has 0 saturated carbocycles. The maximum atomic E-state index is 12.7. The number of nitro groups is 1. The third-order valence-electron chi connectivity index (χ3n) is 3.99. The highest BCUT2D eigenvalue weighted by Crippen LogP contribution is 2.31. The van der Waals surface area contributed by atoms with Crippen LogP contribution in [0.5, 0.6) is 0 Å². The Hall–Kier alpha value is -1.03. The summed E-state index contributed by atoms with van der Waals surface area (Å²) in [6.07, 6.45) is 1.45. The Bertz CT molecular complexity index is 687. The van der Waals surface area contributed by atoms with E-state index < -0.39 is 14.9 Å². The summed E-state index contributed by atoms with van der Waals surface area (Å²) in [6.45, 7) is 3.11. The first-order valence-corrected chi connectivity index (χ1v) is 9.11. The van der Waals surface area contributed by atoms with Gasteiger partial charge >= 0.3 is 0 Å². The number of sulfonamides is 1. The summed E-state index contributed by atoms with van der Waals surface area (Å²) in [7, 11) is -2.23. The Kier molecular flexibility index (Phi) is 5.21. The van der Waals surface area contributed by atoms with Crippen molar-refractivity contribution >= 4 is 31.6 Å². The van der Waals surface area contributed by atoms with Gasteiger partial charge in [-0.05, 0) is 38.9 Å². The van der Waals surface area contributed by atoms with Crippen LogP contribution in [0, 0.1) is 17.0 Å². The molecule has 1 aromatic carbocycles. The number of benzene rings is 1. The highest BCUT2D eigenvalue weighted by molar-refractivity contribution is 9.10. The van der Waals surface area contributed by atoms with Crippen LogP contribution in [0.4, 0.5) is 5.69 Å². The standard InChI is InChI=1S/C13H18BrN3O4S/c1-9-12(14)7-11(8-13(9)17(18)19)22(20,21)16(2)10-3-5-15-6-4-10/h7-8,10,15H,3-6H2,1-2H3. The number of hydrogen-bond donors (Lipinski definition) is 1. The lowest BCUT2D eigenvalue weighted by molar-refractivity contribution is -0.385. The molecule has 9 heteroatoms. The summed E-state index contributed by atoms with van der Waals surface area (Å²) in [5.41, 5.74) is 0.208. The topological polar surface area (TPSA) is 92.6 Å². The second kappa shape index (κ2) is 6.61. The summed E-state index contributed by atoms with van der Waals surface area (Å²) >= 11 is 3.21. The van der Waals surface area contributed by atoms with Crippen molar-refractivity contribution in [1.82, 2.24) is 9.62 Å². The first-order chi connectivity index (χ1) is 10.2. The van der Waals surface area contributed by atoms with E-state index in [4.69, 9.17) is 0 Å². The molecular weight excluding hydrogens is 374 g/mol. The van der Waals surface area contributed by atoms with Crippen LogP contribution >= 0.6 is 15.9 Å². The van der Waals surface area contributed by atoms with Crippen LogP contribution in [0.25, 0.3) is 0 Å². The van der Waals surface area contributed by atoms with Crippen molar-refractivity contribution in [2.75, 3.05) is 20.1 Å². The van der Waals surface area contributed by atoms with Crippen LogP contribution in [-0.2, 0) is 10.0 Å². The third kappa shape index (κ3) is 3.32. The highest BCUT2D eigenvalue weighted by atomic mass is 79.9. The van der Waals surface area contributed by atoms with Crippen molar-refractivity contribution in [2.24, 2.45) is 0 Å². The SMILES string of the molecule is Cc1c(Br)cc(S(=O)(=O)N(C)C2CCNCC2)cc1[N+](=O)[O-]. The number of nitro benzene ring substituents is 1. The maximum Gasteiger partial charge on any atom is 0.274 e. The molecule has 0 spiro atoms. The molecule has 122 valence electrons. The molecule has 0 radical (unpaired) electrons. The zero-order valence-electron chi connectivity index (χ0n) is 12.4. The number of nitrogens with one attached hydrogen (secondary N) is 1. The molecule has 0 atom stereocenters. The first kappa shape index (κ1) is 17.3. The van der Waals surface area contributed by atoms with E-state index in [2.05, 4.69) is 21.2 Å². The smallest absolute Gasteiger partial charge is 0.274 e. The minimum atomic E-state index is -3.76. The third-order valence-corrected chi connectivity index (χ3v) is 6.70. The number of halogens is 1. The Balaban J connectivity index is 2.42. The van der Waals surface area contributed by atoms with E-state index in [-0.39, 0.29) is 16.6 Å². The summed E-state index contributed by atoms with van der Waals surface area (Å²) in [5, 5.41) is 14.3. The van der Waals surface area contributed by atoms with Crippen LogP contribution < -0.4 is 5.32 Å². The predicted molar refractivity (Wildman–Crippen MR) is 86.4 cm³/mol. The fraction of sp³-hybridized carbons (Fsp3) is 0.538. The van der Waals surface area contributed by atoms with Gasteiger partial charge in [-0.3, -0.25) is 10.1 Å². The molecule has 22 heavy (non-hydrogen) atoms. The lowest BCUT2D eigenvalue weighted by atomic mass is 10.1. The fourth-order valence-corrected chi connectivity index (χ4v) is 4.58. The van der Waals surface area contributed by atoms with Crippen LogP contribution in [0.3, 0.4) is 0 Å². The Morgan fingerprint density at radius 1 is 1.36 bits per heavy atom. The molecule has 1 aromatic rings. The Labute approximate surface area is 138 Å². The summed E-state index contributed by atoms with van der Waals surface area (Å²) in [5.74, 6) is 0. The van der Waals surface area contributed by atoms with Gasteiger partial charge in [0, 0.05) is 29.2 Å². The van der Waals surface area contributed by atoms with Gasteiger partial charge in [-0.15, -0.1) is 0 Å². The summed E-state index contributed by atoms with van der Waals surface area (Å²) in [6, 6.07) is 2.47. The van der Waals surface area contributed by atoms with E-state index in [1.165, 1.54) is 17.4 Å². The van der Waals surface area contributed by atoms with Gasteiger partial charge in [-0.1, -0.05) is 15.9 Å². The number of piperidine rings is 1. The second-order valence-corrected chi connectivity index (χ2v) is 8.16. The van der Waals surface area contributed by atoms with Gasteiger partial charge in [0.1, 0.15) is 0 Å². The summed E-state index contributed by atoms with van der Waals surface area (Å²) < 4.78 is 27.2. The Morgan fingerprint density at radius 2 is 1.95 bits per heavy atom. The molecule has 0 bridgehead atoms. The van der Waals surface area contributed by atoms with Gasteiger partial charge in [0.05, 0.1) is 9.82 Å². The molecule has 1 saturated heterocycles. The molecule has 1 aliphatic rings. The van der Waals surface area contributed by atoms with Gasteiger partial charge in [0.2, 0.25) is 10.0 Å². The molecule has 0 amide bonds. The fourth-order valence-electron chi connectivity index (χ4n) is 2.51. The van der Waals surface area contributed by atoms with E-state index in [1.807, 2.05) is 0 Å². The van der Waals surface area contributed by atoms with Crippen molar-refractivity contribution in [3.05, 3.63) is 32.3 Å². The summed E-state index contributed by atoms with van der Waals surface area (Å²) in [4.78, 5) is 10.5. The van der Waals surface area contributed by atoms with Gasteiger partial charge in [0.25, 0.3) is 5.69 Å². The molecule has 1 N–H and O–H groups in total. The van der Waals surface area contributed by atoms with Crippen LogP contribution in [0.2, 0.25) is 0 Å². The van der Waals surface area contributed by atoms with Crippen molar-refractivity contribution < 1.29 is 13.3 Å². The molecule has 0 unspecified atom stereocenters. The lowest BCUT2D eigenvalue weighted by Crippen LogP contribution is -2.43. The Morgan fingerprint density at radius 3 is 2.50 bits per heavy atom. The minimum absolute atomic E-state index is 0.0577. The number of rotatable bonds is 4. The van der Waals surface area contributed by atoms with Gasteiger partial charge in [0.15, 0.2) is 0 Å². The molecule has 0 aromatic heterocycles. The zero-order chi connectivity index (χ0) is 16.5. The lowest BCUT2D eigenvalue weighted by Gasteiger charge is -2.30. The molecule has 1 aliphatic heterocycles. The molecule has 0 aliphatic carbocycles. The van der Waals surface area contributed by atoms with E-state index >= 15 is 0 Å². The van der Waals surface area contributed by atoms with E-state index in [0.717, 1.165) is 32.0 Å². The predicted octanol–water partition coefficient (Wildman–Crippen LogP) is 2.04. The zero-order valence-corrected chi connectivity index (χ0v) is 14.8. The quantitative estimate of drug-likeness (QED) is 0.625. The van der Waals surface area contributed by atoms with Crippen molar-refractivity contribution in [3.63, 3.8) is 0 Å². The normalized spacial score (nSPS) is 16.9. The van der Waals surface area contributed by atoms with Crippen LogP contribution in [-0.4, -0.2) is 43.8 Å². The minimum Gasteiger partial charge on any atom is -0.317 e. The molecule has 1 fully saturated rings. The maximum absolute atomic E-state index is 12.7. The molecule has 2 rings (SSSR count).